The van der Waals surface area contributed by atoms with Crippen LogP contribution >= 0.6 is 11.6 Å². The number of fused-ring (bicyclic) bond motifs is 1. The van der Waals surface area contributed by atoms with Gasteiger partial charge in [0.25, 0.3) is 10.0 Å². The minimum atomic E-state index is -4.41. The van der Waals surface area contributed by atoms with Crippen molar-refractivity contribution < 1.29 is 27.0 Å². The van der Waals surface area contributed by atoms with E-state index in [-0.39, 0.29) is 28.6 Å². The summed E-state index contributed by atoms with van der Waals surface area (Å²) in [6, 6.07) is 6.47. The summed E-state index contributed by atoms with van der Waals surface area (Å²) < 4.78 is 64.3. The van der Waals surface area contributed by atoms with Crippen molar-refractivity contribution in [1.82, 2.24) is 15.0 Å². The fourth-order valence-corrected chi connectivity index (χ4v) is 6.38. The Morgan fingerprint density at radius 3 is 2.56 bits per heavy atom. The van der Waals surface area contributed by atoms with Crippen molar-refractivity contribution in [3.8, 4) is 17.0 Å². The van der Waals surface area contributed by atoms with Crippen LogP contribution in [-0.4, -0.2) is 47.7 Å². The quantitative estimate of drug-likeness (QED) is 0.234. The zero-order chi connectivity index (χ0) is 29.3. The predicted octanol–water partition coefficient (Wildman–Crippen LogP) is 5.71. The van der Waals surface area contributed by atoms with E-state index in [4.69, 9.17) is 16.3 Å². The molecule has 2 aromatic carbocycles. The zero-order valence-corrected chi connectivity index (χ0v) is 23.9. The minimum Gasteiger partial charge on any atom is -0.480 e. The van der Waals surface area contributed by atoms with Crippen LogP contribution in [0.5, 0.6) is 5.88 Å². The smallest absolute Gasteiger partial charge is 0.267 e. The van der Waals surface area contributed by atoms with E-state index in [1.807, 2.05) is 6.92 Å². The second-order valence-electron chi connectivity index (χ2n) is 9.82. The highest BCUT2D eigenvalue weighted by atomic mass is 35.5. The maximum absolute atomic E-state index is 15.8. The Bertz CT molecular complexity index is 1720. The first-order valence-electron chi connectivity index (χ1n) is 13.0. The van der Waals surface area contributed by atoms with E-state index in [0.29, 0.717) is 36.1 Å². The van der Waals surface area contributed by atoms with Crippen molar-refractivity contribution in [2.75, 3.05) is 17.1 Å². The number of sulfonamides is 1. The monoisotopic (exact) mass is 603 g/mol. The molecule has 0 saturated heterocycles. The molecular formula is C28H28ClF2N5O4S. The molecule has 1 aliphatic rings. The van der Waals surface area contributed by atoms with Crippen LogP contribution < -0.4 is 14.8 Å². The standard InChI is InChI=1S/C28H28ClF2N5O4S/c1-3-15-10-16(11-17-13-33-28(35-26(15)17)34-19-4-6-20(37)7-5-19)24-21(30)8-9-22(25(24)31)36-41(38,39)23-12-18(29)14-32-27(23)40-2/h8-14,19-20,36-37H,3-7H2,1-2H3,(H,33,34,35). The molecule has 1 saturated carbocycles. The second-order valence-corrected chi connectivity index (χ2v) is 11.9. The molecular weight excluding hydrogens is 576 g/mol. The molecule has 1 aliphatic carbocycles. The topological polar surface area (TPSA) is 126 Å². The van der Waals surface area contributed by atoms with Gasteiger partial charge in [0.05, 0.1) is 35.0 Å². The van der Waals surface area contributed by atoms with Crippen molar-refractivity contribution in [3.63, 3.8) is 0 Å². The van der Waals surface area contributed by atoms with Gasteiger partial charge in [0.15, 0.2) is 10.7 Å². The molecule has 0 unspecified atom stereocenters. The van der Waals surface area contributed by atoms with Crippen LogP contribution in [0.3, 0.4) is 0 Å². The van der Waals surface area contributed by atoms with Gasteiger partial charge in [-0.05, 0) is 73.6 Å². The van der Waals surface area contributed by atoms with E-state index in [1.54, 1.807) is 18.3 Å². The Balaban J connectivity index is 1.50. The molecule has 9 nitrogen and oxygen atoms in total. The summed E-state index contributed by atoms with van der Waals surface area (Å²) in [4.78, 5) is 12.5. The van der Waals surface area contributed by atoms with E-state index in [1.165, 1.54) is 13.3 Å². The molecule has 13 heteroatoms. The zero-order valence-electron chi connectivity index (χ0n) is 22.3. The predicted molar refractivity (Wildman–Crippen MR) is 153 cm³/mol. The third-order valence-corrected chi connectivity index (χ3v) is 8.63. The van der Waals surface area contributed by atoms with Crippen molar-refractivity contribution >= 4 is 44.2 Å². The Morgan fingerprint density at radius 1 is 1.10 bits per heavy atom. The van der Waals surface area contributed by atoms with Crippen LogP contribution in [-0.2, 0) is 16.4 Å². The number of pyridine rings is 1. The normalized spacial score (nSPS) is 17.4. The van der Waals surface area contributed by atoms with Crippen LogP contribution in [0.1, 0.15) is 38.2 Å². The summed E-state index contributed by atoms with van der Waals surface area (Å²) in [7, 11) is -3.17. The summed E-state index contributed by atoms with van der Waals surface area (Å²) in [5.41, 5.74) is 0.721. The number of rotatable bonds is 8. The molecule has 0 bridgehead atoms. The lowest BCUT2D eigenvalue weighted by molar-refractivity contribution is 0.126. The van der Waals surface area contributed by atoms with Gasteiger partial charge in [-0.2, -0.15) is 0 Å². The average Bonchev–Trinajstić information content (AvgIpc) is 2.95. The molecule has 0 radical (unpaired) electrons. The highest BCUT2D eigenvalue weighted by Crippen LogP contribution is 2.36. The van der Waals surface area contributed by atoms with Gasteiger partial charge in [0.2, 0.25) is 11.8 Å². The third-order valence-electron chi connectivity index (χ3n) is 7.06. The van der Waals surface area contributed by atoms with Crippen molar-refractivity contribution in [1.29, 1.82) is 0 Å². The lowest BCUT2D eigenvalue weighted by Gasteiger charge is -2.26. The number of hydrogen-bond donors (Lipinski definition) is 3. The largest absolute Gasteiger partial charge is 0.480 e. The number of hydrogen-bond acceptors (Lipinski definition) is 8. The van der Waals surface area contributed by atoms with Gasteiger partial charge in [0, 0.05) is 23.8 Å². The number of nitrogens with one attached hydrogen (secondary N) is 2. The number of aryl methyl sites for hydroxylation is 1. The van der Waals surface area contributed by atoms with Crippen LogP contribution in [0.4, 0.5) is 20.4 Å². The second kappa shape index (κ2) is 11.7. The molecule has 2 heterocycles. The molecule has 2 aromatic heterocycles. The SMILES string of the molecule is CCc1cc(-c2c(F)ccc(NS(=O)(=O)c3cc(Cl)cnc3OC)c2F)cc2cnc(NC3CCC(O)CC3)nc12. The third kappa shape index (κ3) is 6.04. The molecule has 1 fully saturated rings. The number of benzene rings is 2. The molecule has 3 N–H and O–H groups in total. The molecule has 216 valence electrons. The van der Waals surface area contributed by atoms with Gasteiger partial charge in [-0.25, -0.2) is 32.2 Å². The van der Waals surface area contributed by atoms with Crippen LogP contribution in [0.25, 0.3) is 22.0 Å². The van der Waals surface area contributed by atoms with Crippen molar-refractivity contribution in [3.05, 3.63) is 64.9 Å². The Hall–Kier alpha value is -3.61. The fourth-order valence-electron chi connectivity index (χ4n) is 4.95. The minimum absolute atomic E-state index is 0.0350. The van der Waals surface area contributed by atoms with Crippen LogP contribution in [0, 0.1) is 11.6 Å². The highest BCUT2D eigenvalue weighted by molar-refractivity contribution is 7.92. The first-order chi connectivity index (χ1) is 19.6. The molecule has 0 amide bonds. The van der Waals surface area contributed by atoms with Crippen LogP contribution in [0.15, 0.2) is 47.6 Å². The van der Waals surface area contributed by atoms with Crippen molar-refractivity contribution in [2.45, 2.75) is 56.1 Å². The number of halogens is 3. The van der Waals surface area contributed by atoms with E-state index < -0.39 is 37.8 Å². The molecule has 0 aliphatic heterocycles. The number of aromatic nitrogens is 3. The number of ether oxygens (including phenoxy) is 1. The van der Waals surface area contributed by atoms with Gasteiger partial charge in [0.1, 0.15) is 5.82 Å². The van der Waals surface area contributed by atoms with Gasteiger partial charge in [-0.1, -0.05) is 18.5 Å². The number of aliphatic hydroxyl groups is 1. The Morgan fingerprint density at radius 2 is 1.85 bits per heavy atom. The highest BCUT2D eigenvalue weighted by Gasteiger charge is 2.26. The number of nitrogens with zero attached hydrogens (tertiary/aromatic N) is 3. The average molecular weight is 604 g/mol. The Kier molecular flexibility index (Phi) is 8.25. The molecule has 0 atom stereocenters. The van der Waals surface area contributed by atoms with Crippen LogP contribution in [0.2, 0.25) is 5.02 Å². The maximum atomic E-state index is 15.8. The number of aliphatic hydroxyl groups excluding tert-OH is 1. The lowest BCUT2D eigenvalue weighted by Crippen LogP contribution is -2.28. The Labute approximate surface area is 241 Å². The van der Waals surface area contributed by atoms with Gasteiger partial charge < -0.3 is 15.2 Å². The maximum Gasteiger partial charge on any atom is 0.267 e. The number of anilines is 2. The van der Waals surface area contributed by atoms with E-state index >= 15 is 8.78 Å². The van der Waals surface area contributed by atoms with Crippen molar-refractivity contribution in [2.24, 2.45) is 0 Å². The molecule has 41 heavy (non-hydrogen) atoms. The summed E-state index contributed by atoms with van der Waals surface area (Å²) in [5.74, 6) is -1.75. The molecule has 4 aromatic rings. The van der Waals surface area contributed by atoms with Gasteiger partial charge in [-0.15, -0.1) is 0 Å². The van der Waals surface area contributed by atoms with E-state index in [2.05, 4.69) is 25.0 Å². The molecule has 0 spiro atoms. The number of methoxy groups -OCH3 is 1. The van der Waals surface area contributed by atoms with E-state index in [0.717, 1.165) is 36.6 Å². The summed E-state index contributed by atoms with van der Waals surface area (Å²) >= 11 is 5.92. The van der Waals surface area contributed by atoms with Gasteiger partial charge in [-0.3, -0.25) is 4.72 Å². The van der Waals surface area contributed by atoms with Gasteiger partial charge >= 0.3 is 0 Å². The first-order valence-corrected chi connectivity index (χ1v) is 14.9. The summed E-state index contributed by atoms with van der Waals surface area (Å²) in [6.45, 7) is 1.90. The molecule has 5 rings (SSSR count). The fraction of sp³-hybridized carbons (Fsp3) is 0.321. The van der Waals surface area contributed by atoms with E-state index in [9.17, 15) is 13.5 Å². The first kappa shape index (κ1) is 28.9. The summed E-state index contributed by atoms with van der Waals surface area (Å²) in [5, 5.41) is 13.7. The lowest BCUT2D eigenvalue weighted by atomic mass is 9.93. The summed E-state index contributed by atoms with van der Waals surface area (Å²) in [6.07, 6.45) is 6.09.